The number of hydrogen-bond donors (Lipinski definition) is 3. The summed E-state index contributed by atoms with van der Waals surface area (Å²) in [4.78, 5) is 11.2. The van der Waals surface area contributed by atoms with Crippen molar-refractivity contribution < 1.29 is 28.6 Å². The Labute approximate surface area is 196 Å². The van der Waals surface area contributed by atoms with Crippen LogP contribution in [0.15, 0.2) is 59.0 Å². The van der Waals surface area contributed by atoms with Gasteiger partial charge in [-0.3, -0.25) is 4.79 Å². The van der Waals surface area contributed by atoms with Crippen LogP contribution in [-0.4, -0.2) is 22.8 Å². The van der Waals surface area contributed by atoms with Gasteiger partial charge in [0.2, 0.25) is 0 Å². The Hall–Kier alpha value is -3.68. The highest BCUT2D eigenvalue weighted by Crippen LogP contribution is 2.35. The Balaban J connectivity index is 1.76. The smallest absolute Gasteiger partial charge is 0.307 e. The minimum absolute atomic E-state index is 0.0676. The molecule has 1 heterocycles. The van der Waals surface area contributed by atoms with Crippen molar-refractivity contribution in [2.24, 2.45) is 5.73 Å². The lowest BCUT2D eigenvalue weighted by molar-refractivity contribution is -0.136. The van der Waals surface area contributed by atoms with Crippen LogP contribution in [0.2, 0.25) is 0 Å². The van der Waals surface area contributed by atoms with E-state index in [0.717, 1.165) is 16.5 Å². The second-order valence-electron chi connectivity index (χ2n) is 8.20. The van der Waals surface area contributed by atoms with Gasteiger partial charge in [-0.1, -0.05) is 30.3 Å². The molecule has 4 aromatic rings. The fourth-order valence-electron chi connectivity index (χ4n) is 4.00. The lowest BCUT2D eigenvalue weighted by Crippen LogP contribution is -2.05. The molecule has 0 atom stereocenters. The summed E-state index contributed by atoms with van der Waals surface area (Å²) in [6.45, 7) is 2.06. The maximum absolute atomic E-state index is 15.2. The third kappa shape index (κ3) is 4.95. The molecule has 176 valence electrons. The normalized spacial score (nSPS) is 11.2. The number of nitrogens with two attached hydrogens (primary N) is 1. The van der Waals surface area contributed by atoms with Crippen LogP contribution >= 0.6 is 0 Å². The van der Waals surface area contributed by atoms with Crippen LogP contribution in [0.1, 0.15) is 28.0 Å². The number of hydrogen-bond acceptors (Lipinski definition) is 5. The molecule has 0 radical (unpaired) electrons. The van der Waals surface area contributed by atoms with Gasteiger partial charge in [0, 0.05) is 40.6 Å². The molecule has 7 heteroatoms. The predicted molar refractivity (Wildman–Crippen MR) is 127 cm³/mol. The maximum atomic E-state index is 15.2. The van der Waals surface area contributed by atoms with Crippen molar-refractivity contribution >= 4 is 16.9 Å². The predicted octanol–water partition coefficient (Wildman–Crippen LogP) is 4.75. The maximum Gasteiger partial charge on any atom is 0.307 e. The van der Waals surface area contributed by atoms with Gasteiger partial charge >= 0.3 is 5.97 Å². The van der Waals surface area contributed by atoms with E-state index in [-0.39, 0.29) is 26.2 Å². The summed E-state index contributed by atoms with van der Waals surface area (Å²) in [5.41, 5.74) is 9.83. The highest BCUT2D eigenvalue weighted by atomic mass is 19.1. The standard InChI is InChI=1S/C27H26FNO5/c1-16-5-6-18(13-25(31)32)24(9-16)33-15-17-10-20-12-21(7-8-30)34-27(20)23(11-17)22-4-2-3-19(14-29)26(22)28/h2-6,9-12,30H,7-8,13-15,29H2,1H3,(H,31,32). The molecule has 34 heavy (non-hydrogen) atoms. The number of carboxylic acid groups (broad SMARTS) is 1. The summed E-state index contributed by atoms with van der Waals surface area (Å²) >= 11 is 0. The van der Waals surface area contributed by atoms with E-state index >= 15 is 4.39 Å². The van der Waals surface area contributed by atoms with Crippen molar-refractivity contribution in [1.29, 1.82) is 0 Å². The van der Waals surface area contributed by atoms with E-state index in [9.17, 15) is 15.0 Å². The SMILES string of the molecule is Cc1ccc(CC(=O)O)c(OCc2cc(-c3cccc(CN)c3F)c3oc(CCO)cc3c2)c1. The quantitative estimate of drug-likeness (QED) is 0.331. The molecule has 3 aromatic carbocycles. The van der Waals surface area contributed by atoms with E-state index in [1.807, 2.05) is 25.1 Å². The summed E-state index contributed by atoms with van der Waals surface area (Å²) in [5.74, 6) is -0.266. The average molecular weight is 464 g/mol. The van der Waals surface area contributed by atoms with Gasteiger partial charge in [-0.05, 0) is 42.3 Å². The Morgan fingerprint density at radius 1 is 1.09 bits per heavy atom. The number of aliphatic hydroxyl groups is 1. The molecule has 0 spiro atoms. The molecular weight excluding hydrogens is 437 g/mol. The fraction of sp³-hybridized carbons (Fsp3) is 0.222. The third-order valence-electron chi connectivity index (χ3n) is 5.63. The second-order valence-corrected chi connectivity index (χ2v) is 8.20. The number of fused-ring (bicyclic) bond motifs is 1. The second kappa shape index (κ2) is 10.1. The highest BCUT2D eigenvalue weighted by molar-refractivity contribution is 5.94. The first-order chi connectivity index (χ1) is 16.4. The monoisotopic (exact) mass is 463 g/mol. The molecule has 0 amide bonds. The topological polar surface area (TPSA) is 106 Å². The van der Waals surface area contributed by atoms with Gasteiger partial charge in [0.25, 0.3) is 0 Å². The number of aliphatic carboxylic acids is 1. The Morgan fingerprint density at radius 3 is 2.65 bits per heavy atom. The molecule has 4 rings (SSSR count). The van der Waals surface area contributed by atoms with Crippen molar-refractivity contribution in [2.75, 3.05) is 6.61 Å². The molecule has 0 unspecified atom stereocenters. The molecular formula is C27H26FNO5. The number of aliphatic hydroxyl groups excluding tert-OH is 1. The van der Waals surface area contributed by atoms with Gasteiger partial charge in [-0.2, -0.15) is 0 Å². The lowest BCUT2D eigenvalue weighted by atomic mass is 9.98. The van der Waals surface area contributed by atoms with E-state index in [0.29, 0.717) is 45.8 Å². The summed E-state index contributed by atoms with van der Waals surface area (Å²) in [5, 5.41) is 19.3. The van der Waals surface area contributed by atoms with Crippen molar-refractivity contribution in [3.63, 3.8) is 0 Å². The van der Waals surface area contributed by atoms with E-state index in [4.69, 9.17) is 14.9 Å². The van der Waals surface area contributed by atoms with Crippen LogP contribution in [0.5, 0.6) is 5.75 Å². The van der Waals surface area contributed by atoms with E-state index in [2.05, 4.69) is 0 Å². The Bertz CT molecular complexity index is 1340. The minimum atomic E-state index is -0.942. The summed E-state index contributed by atoms with van der Waals surface area (Å²) in [6, 6.07) is 16.0. The Kier molecular flexibility index (Phi) is 6.95. The molecule has 0 aliphatic heterocycles. The van der Waals surface area contributed by atoms with E-state index < -0.39 is 11.8 Å². The molecule has 0 bridgehead atoms. The highest BCUT2D eigenvalue weighted by Gasteiger charge is 2.17. The van der Waals surface area contributed by atoms with Crippen LogP contribution in [0, 0.1) is 12.7 Å². The average Bonchev–Trinajstić information content (AvgIpc) is 3.21. The van der Waals surface area contributed by atoms with Crippen LogP contribution in [0.25, 0.3) is 22.1 Å². The molecule has 1 aromatic heterocycles. The molecule has 0 aliphatic carbocycles. The third-order valence-corrected chi connectivity index (χ3v) is 5.63. The number of furan rings is 1. The van der Waals surface area contributed by atoms with E-state index in [1.54, 1.807) is 36.4 Å². The van der Waals surface area contributed by atoms with Crippen molar-refractivity contribution in [3.8, 4) is 16.9 Å². The zero-order valence-corrected chi connectivity index (χ0v) is 18.8. The van der Waals surface area contributed by atoms with Crippen molar-refractivity contribution in [3.05, 3.63) is 88.4 Å². The first-order valence-electron chi connectivity index (χ1n) is 11.0. The molecule has 4 N–H and O–H groups in total. The van der Waals surface area contributed by atoms with E-state index in [1.165, 1.54) is 0 Å². The summed E-state index contributed by atoms with van der Waals surface area (Å²) in [7, 11) is 0. The summed E-state index contributed by atoms with van der Waals surface area (Å²) < 4.78 is 27.2. The van der Waals surface area contributed by atoms with Gasteiger partial charge in [0.1, 0.15) is 29.5 Å². The lowest BCUT2D eigenvalue weighted by Gasteiger charge is -2.13. The zero-order valence-electron chi connectivity index (χ0n) is 18.8. The Morgan fingerprint density at radius 2 is 1.91 bits per heavy atom. The first-order valence-corrected chi connectivity index (χ1v) is 11.0. The number of carbonyl (C=O) groups is 1. The fourth-order valence-corrected chi connectivity index (χ4v) is 4.00. The van der Waals surface area contributed by atoms with Gasteiger partial charge in [0.15, 0.2) is 0 Å². The van der Waals surface area contributed by atoms with Gasteiger partial charge in [0.05, 0.1) is 13.0 Å². The van der Waals surface area contributed by atoms with Gasteiger partial charge in [-0.25, -0.2) is 4.39 Å². The first kappa shape index (κ1) is 23.5. The molecule has 6 nitrogen and oxygen atoms in total. The number of ether oxygens (including phenoxy) is 1. The van der Waals surface area contributed by atoms with Gasteiger partial charge in [-0.15, -0.1) is 0 Å². The number of rotatable bonds is 9. The number of halogens is 1. The van der Waals surface area contributed by atoms with Crippen molar-refractivity contribution in [1.82, 2.24) is 0 Å². The summed E-state index contributed by atoms with van der Waals surface area (Å²) in [6.07, 6.45) is 0.191. The van der Waals surface area contributed by atoms with Crippen LogP contribution < -0.4 is 10.5 Å². The zero-order chi connectivity index (χ0) is 24.2. The number of aryl methyl sites for hydroxylation is 1. The minimum Gasteiger partial charge on any atom is -0.489 e. The molecule has 0 aliphatic rings. The van der Waals surface area contributed by atoms with Crippen LogP contribution in [0.3, 0.4) is 0 Å². The molecule has 0 saturated carbocycles. The number of benzene rings is 3. The van der Waals surface area contributed by atoms with Crippen LogP contribution in [-0.2, 0) is 30.8 Å². The molecule has 0 saturated heterocycles. The van der Waals surface area contributed by atoms with Crippen molar-refractivity contribution in [2.45, 2.75) is 32.9 Å². The number of carboxylic acids is 1. The van der Waals surface area contributed by atoms with Gasteiger partial charge < -0.3 is 25.1 Å². The van der Waals surface area contributed by atoms with Crippen LogP contribution in [0.4, 0.5) is 4.39 Å². The largest absolute Gasteiger partial charge is 0.489 e. The molecule has 0 fully saturated rings.